The number of aromatic nitrogens is 1. The van der Waals surface area contributed by atoms with Crippen LogP contribution >= 0.6 is 22.6 Å². The third kappa shape index (κ3) is 3.62. The Kier molecular flexibility index (Phi) is 5.52. The Morgan fingerprint density at radius 2 is 2.12 bits per heavy atom. The average Bonchev–Trinajstić information content (AvgIpc) is 2.57. The van der Waals surface area contributed by atoms with Crippen molar-refractivity contribution in [2.45, 2.75) is 13.5 Å². The zero-order chi connectivity index (χ0) is 17.1. The van der Waals surface area contributed by atoms with E-state index in [4.69, 9.17) is 9.47 Å². The largest absolute Gasteiger partial charge is 0.462 e. The zero-order valence-corrected chi connectivity index (χ0v) is 15.6. The summed E-state index contributed by atoms with van der Waals surface area (Å²) in [5.41, 5.74) is 1.56. The van der Waals surface area contributed by atoms with Crippen LogP contribution in [0.3, 0.4) is 0 Å². The van der Waals surface area contributed by atoms with Crippen molar-refractivity contribution in [3.05, 3.63) is 43.2 Å². The zero-order valence-electron chi connectivity index (χ0n) is 13.4. The first-order chi connectivity index (χ1) is 11.6. The molecule has 0 bridgehead atoms. The fourth-order valence-corrected chi connectivity index (χ4v) is 3.66. The maximum atomic E-state index is 12.7. The number of rotatable bonds is 4. The number of morpholine rings is 1. The molecule has 1 saturated heterocycles. The maximum Gasteiger partial charge on any atom is 0.343 e. The van der Waals surface area contributed by atoms with Crippen LogP contribution in [0.1, 0.15) is 22.8 Å². The molecule has 0 spiro atoms. The van der Waals surface area contributed by atoms with Crippen molar-refractivity contribution in [3.8, 4) is 0 Å². The summed E-state index contributed by atoms with van der Waals surface area (Å²) in [6.45, 7) is 5.96. The molecular formula is C17H19IN2O4. The third-order valence-electron chi connectivity index (χ3n) is 4.01. The van der Waals surface area contributed by atoms with E-state index in [9.17, 15) is 9.59 Å². The molecule has 0 aliphatic carbocycles. The second-order valence-electron chi connectivity index (χ2n) is 5.64. The van der Waals surface area contributed by atoms with Crippen molar-refractivity contribution in [1.29, 1.82) is 0 Å². The number of fused-ring (bicyclic) bond motifs is 1. The molecular weight excluding hydrogens is 423 g/mol. The van der Waals surface area contributed by atoms with Crippen LogP contribution in [0.5, 0.6) is 0 Å². The SMILES string of the molecule is CCOC(=O)c1c[nH]c2c(I)cc(CN3CCOCC3)cc2c1=O. The number of nitrogens with zero attached hydrogens (tertiary/aromatic N) is 1. The lowest BCUT2D eigenvalue weighted by Gasteiger charge is -2.26. The monoisotopic (exact) mass is 442 g/mol. The molecule has 0 saturated carbocycles. The number of hydrogen-bond acceptors (Lipinski definition) is 5. The smallest absolute Gasteiger partial charge is 0.343 e. The number of nitrogens with one attached hydrogen (secondary N) is 1. The molecule has 1 fully saturated rings. The quantitative estimate of drug-likeness (QED) is 0.581. The lowest BCUT2D eigenvalue weighted by atomic mass is 10.1. The van der Waals surface area contributed by atoms with Crippen LogP contribution in [0, 0.1) is 3.57 Å². The van der Waals surface area contributed by atoms with Crippen LogP contribution in [0.4, 0.5) is 0 Å². The molecule has 1 N–H and O–H groups in total. The number of carbonyl (C=O) groups excluding carboxylic acids is 1. The number of carbonyl (C=O) groups is 1. The minimum Gasteiger partial charge on any atom is -0.462 e. The van der Waals surface area contributed by atoms with E-state index in [1.807, 2.05) is 6.07 Å². The Morgan fingerprint density at radius 1 is 1.38 bits per heavy atom. The van der Waals surface area contributed by atoms with Crippen molar-refractivity contribution >= 4 is 39.5 Å². The van der Waals surface area contributed by atoms with Crippen molar-refractivity contribution < 1.29 is 14.3 Å². The van der Waals surface area contributed by atoms with Crippen LogP contribution in [0.25, 0.3) is 10.9 Å². The van der Waals surface area contributed by atoms with Gasteiger partial charge in [-0.05, 0) is 47.2 Å². The Labute approximate surface area is 153 Å². The number of pyridine rings is 1. The van der Waals surface area contributed by atoms with Crippen LogP contribution in [-0.2, 0) is 16.0 Å². The number of ether oxygens (including phenoxy) is 2. The molecule has 1 aromatic carbocycles. The molecule has 24 heavy (non-hydrogen) atoms. The Balaban J connectivity index is 1.99. The summed E-state index contributed by atoms with van der Waals surface area (Å²) in [5.74, 6) is -0.589. The number of benzene rings is 1. The maximum absolute atomic E-state index is 12.7. The molecule has 1 aliphatic heterocycles. The molecule has 6 nitrogen and oxygen atoms in total. The summed E-state index contributed by atoms with van der Waals surface area (Å²) >= 11 is 2.21. The molecule has 0 amide bonds. The summed E-state index contributed by atoms with van der Waals surface area (Å²) < 4.78 is 11.3. The van der Waals surface area contributed by atoms with Gasteiger partial charge in [-0.15, -0.1) is 0 Å². The molecule has 3 rings (SSSR count). The molecule has 1 aliphatic rings. The predicted octanol–water partition coefficient (Wildman–Crippen LogP) is 2.14. The summed E-state index contributed by atoms with van der Waals surface area (Å²) in [7, 11) is 0. The van der Waals surface area contributed by atoms with Gasteiger partial charge in [-0.25, -0.2) is 4.79 Å². The highest BCUT2D eigenvalue weighted by molar-refractivity contribution is 14.1. The first-order valence-electron chi connectivity index (χ1n) is 7.91. The van der Waals surface area contributed by atoms with Crippen molar-refractivity contribution in [1.82, 2.24) is 9.88 Å². The van der Waals surface area contributed by atoms with E-state index in [1.54, 1.807) is 6.92 Å². The van der Waals surface area contributed by atoms with Gasteiger partial charge in [0.05, 0.1) is 25.3 Å². The highest BCUT2D eigenvalue weighted by Gasteiger charge is 2.17. The number of H-pyrrole nitrogens is 1. The van der Waals surface area contributed by atoms with Gasteiger partial charge in [0.1, 0.15) is 5.56 Å². The fraction of sp³-hybridized carbons (Fsp3) is 0.412. The highest BCUT2D eigenvalue weighted by atomic mass is 127. The molecule has 2 aromatic rings. The van der Waals surface area contributed by atoms with E-state index in [0.717, 1.165) is 47.5 Å². The Hall–Kier alpha value is -1.45. The molecule has 0 radical (unpaired) electrons. The van der Waals surface area contributed by atoms with Gasteiger partial charge in [0.15, 0.2) is 0 Å². The summed E-state index contributed by atoms with van der Waals surface area (Å²) in [4.78, 5) is 30.0. The van der Waals surface area contributed by atoms with Gasteiger partial charge in [-0.1, -0.05) is 0 Å². The van der Waals surface area contributed by atoms with Gasteiger partial charge >= 0.3 is 5.97 Å². The molecule has 128 valence electrons. The van der Waals surface area contributed by atoms with E-state index in [2.05, 4.69) is 38.5 Å². The first-order valence-corrected chi connectivity index (χ1v) is 8.99. The van der Waals surface area contributed by atoms with Crippen LogP contribution in [0.15, 0.2) is 23.1 Å². The molecule has 7 heteroatoms. The second kappa shape index (κ2) is 7.62. The molecule has 0 unspecified atom stereocenters. The number of aromatic amines is 1. The van der Waals surface area contributed by atoms with Crippen molar-refractivity contribution in [2.75, 3.05) is 32.9 Å². The van der Waals surface area contributed by atoms with Gasteiger partial charge in [-0.2, -0.15) is 0 Å². The van der Waals surface area contributed by atoms with Gasteiger partial charge < -0.3 is 14.5 Å². The van der Waals surface area contributed by atoms with Crippen LogP contribution in [-0.4, -0.2) is 48.8 Å². The standard InChI is InChI=1S/C17H19IN2O4/c1-2-24-17(22)13-9-19-15-12(16(13)21)7-11(8-14(15)18)10-20-3-5-23-6-4-20/h7-9H,2-6,10H2,1H3,(H,19,21). The number of halogens is 1. The molecule has 0 atom stereocenters. The number of esters is 1. The lowest BCUT2D eigenvalue weighted by molar-refractivity contribution is 0.0342. The van der Waals surface area contributed by atoms with Gasteiger partial charge in [0, 0.05) is 34.8 Å². The minimum absolute atomic E-state index is 0.0451. The fourth-order valence-electron chi connectivity index (χ4n) is 2.81. The summed E-state index contributed by atoms with van der Waals surface area (Å²) in [5, 5.41) is 0.524. The molecule has 2 heterocycles. The number of hydrogen-bond donors (Lipinski definition) is 1. The molecule has 1 aromatic heterocycles. The van der Waals surface area contributed by atoms with Crippen molar-refractivity contribution in [2.24, 2.45) is 0 Å². The van der Waals surface area contributed by atoms with Crippen molar-refractivity contribution in [3.63, 3.8) is 0 Å². The van der Waals surface area contributed by atoms with Crippen LogP contribution < -0.4 is 5.43 Å². The summed E-state index contributed by atoms with van der Waals surface area (Å²) in [6, 6.07) is 3.94. The topological polar surface area (TPSA) is 71.6 Å². The first kappa shape index (κ1) is 17.4. The van der Waals surface area contributed by atoms with E-state index < -0.39 is 5.97 Å². The van der Waals surface area contributed by atoms with Gasteiger partial charge in [-0.3, -0.25) is 9.69 Å². The van der Waals surface area contributed by atoms with E-state index in [1.165, 1.54) is 6.20 Å². The normalized spacial score (nSPS) is 15.6. The highest BCUT2D eigenvalue weighted by Crippen LogP contribution is 2.20. The average molecular weight is 442 g/mol. The summed E-state index contributed by atoms with van der Waals surface area (Å²) in [6.07, 6.45) is 1.44. The second-order valence-corrected chi connectivity index (χ2v) is 6.80. The van der Waals surface area contributed by atoms with Crippen LogP contribution in [0.2, 0.25) is 0 Å². The van der Waals surface area contributed by atoms with E-state index >= 15 is 0 Å². The van der Waals surface area contributed by atoms with E-state index in [0.29, 0.717) is 5.39 Å². The Morgan fingerprint density at radius 3 is 2.83 bits per heavy atom. The van der Waals surface area contributed by atoms with Gasteiger partial charge in [0.25, 0.3) is 0 Å². The predicted molar refractivity (Wildman–Crippen MR) is 99.3 cm³/mol. The Bertz CT molecular complexity index is 812. The lowest BCUT2D eigenvalue weighted by Crippen LogP contribution is -2.35. The van der Waals surface area contributed by atoms with E-state index in [-0.39, 0.29) is 17.6 Å². The van der Waals surface area contributed by atoms with Gasteiger partial charge in [0.2, 0.25) is 5.43 Å². The third-order valence-corrected chi connectivity index (χ3v) is 4.86. The minimum atomic E-state index is -0.589.